The van der Waals surface area contributed by atoms with Crippen molar-refractivity contribution in [1.29, 1.82) is 0 Å². The van der Waals surface area contributed by atoms with Gasteiger partial charge in [-0.2, -0.15) is 0 Å². The monoisotopic (exact) mass is 267 g/mol. The van der Waals surface area contributed by atoms with Gasteiger partial charge in [-0.1, -0.05) is 45.0 Å². The Balaban J connectivity index is 2.07. The van der Waals surface area contributed by atoms with E-state index in [9.17, 15) is 0 Å². The van der Waals surface area contributed by atoms with Crippen molar-refractivity contribution < 1.29 is 0 Å². The van der Waals surface area contributed by atoms with Gasteiger partial charge in [-0.05, 0) is 16.5 Å². The van der Waals surface area contributed by atoms with Crippen molar-refractivity contribution in [3.8, 4) is 11.1 Å². The fourth-order valence-corrected chi connectivity index (χ4v) is 2.95. The number of hydrogen-bond donors (Lipinski definition) is 0. The highest BCUT2D eigenvalue weighted by Crippen LogP contribution is 2.33. The van der Waals surface area contributed by atoms with Crippen LogP contribution in [0.1, 0.15) is 26.3 Å². The fourth-order valence-electron chi connectivity index (χ4n) is 2.09. The molecule has 1 radical (unpaired) electrons. The second kappa shape index (κ2) is 4.42. The first-order valence-electron chi connectivity index (χ1n) is 6.26. The van der Waals surface area contributed by atoms with E-state index in [0.29, 0.717) is 0 Å². The first kappa shape index (κ1) is 12.3. The van der Waals surface area contributed by atoms with Gasteiger partial charge >= 0.3 is 0 Å². The average Bonchev–Trinajstić information content (AvgIpc) is 2.82. The van der Waals surface area contributed by atoms with Crippen molar-refractivity contribution >= 4 is 21.6 Å². The molecule has 95 valence electrons. The zero-order chi connectivity index (χ0) is 13.5. The summed E-state index contributed by atoms with van der Waals surface area (Å²) in [5.74, 6) is 0. The van der Waals surface area contributed by atoms with Gasteiger partial charge in [0.05, 0.1) is 0 Å². The van der Waals surface area contributed by atoms with Gasteiger partial charge in [-0.25, -0.2) is 9.97 Å². The molecule has 0 saturated heterocycles. The molecule has 3 rings (SSSR count). The third-order valence-corrected chi connectivity index (χ3v) is 4.13. The lowest BCUT2D eigenvalue weighted by atomic mass is 9.86. The number of hydrogen-bond acceptors (Lipinski definition) is 3. The molecule has 3 heteroatoms. The Bertz CT molecular complexity index is 705. The van der Waals surface area contributed by atoms with Crippen molar-refractivity contribution in [3.63, 3.8) is 0 Å². The van der Waals surface area contributed by atoms with Crippen LogP contribution < -0.4 is 0 Å². The lowest BCUT2D eigenvalue weighted by Crippen LogP contribution is -2.10. The number of fused-ring (bicyclic) bond motifs is 1. The molecule has 0 aliphatic rings. The molecule has 0 atom stereocenters. The number of nitrogens with zero attached hydrogens (tertiary/aromatic N) is 2. The van der Waals surface area contributed by atoms with Crippen molar-refractivity contribution in [2.24, 2.45) is 0 Å². The Kier molecular flexibility index (Phi) is 2.86. The average molecular weight is 267 g/mol. The van der Waals surface area contributed by atoms with Crippen LogP contribution in [0.4, 0.5) is 0 Å². The van der Waals surface area contributed by atoms with Gasteiger partial charge in [0.1, 0.15) is 17.4 Å². The zero-order valence-electron chi connectivity index (χ0n) is 11.3. The molecular weight excluding hydrogens is 252 g/mol. The standard InChI is InChI=1S/C16H15N2S/c1-16(2,3)12-6-4-11(5-7-12)14-9-19-15-13(14)8-17-10-18-15/h4-7,9-10H,1-3H3. The molecule has 1 aromatic carbocycles. The Morgan fingerprint density at radius 2 is 1.84 bits per heavy atom. The number of aromatic nitrogens is 2. The first-order valence-corrected chi connectivity index (χ1v) is 7.14. The zero-order valence-corrected chi connectivity index (χ0v) is 12.1. The largest absolute Gasteiger partial charge is 0.234 e. The third-order valence-electron chi connectivity index (χ3n) is 3.24. The SMILES string of the molecule is CC(C)(C)c1ccc(-c2csc3ncn[c]c23)cc1. The van der Waals surface area contributed by atoms with E-state index in [4.69, 9.17) is 0 Å². The van der Waals surface area contributed by atoms with Crippen LogP contribution in [-0.2, 0) is 5.41 Å². The summed E-state index contributed by atoms with van der Waals surface area (Å²) in [4.78, 5) is 9.25. The van der Waals surface area contributed by atoms with Crippen LogP contribution in [0.5, 0.6) is 0 Å². The minimum Gasteiger partial charge on any atom is -0.234 e. The van der Waals surface area contributed by atoms with E-state index in [-0.39, 0.29) is 5.41 Å². The second-order valence-corrected chi connectivity index (χ2v) is 6.50. The van der Waals surface area contributed by atoms with Gasteiger partial charge in [0.15, 0.2) is 0 Å². The van der Waals surface area contributed by atoms with Crippen LogP contribution in [0.15, 0.2) is 36.0 Å². The number of thiophene rings is 1. The van der Waals surface area contributed by atoms with E-state index in [1.165, 1.54) is 16.7 Å². The van der Waals surface area contributed by atoms with Crippen molar-refractivity contribution in [2.45, 2.75) is 26.2 Å². The van der Waals surface area contributed by atoms with Crippen LogP contribution in [0.3, 0.4) is 0 Å². The predicted octanol–water partition coefficient (Wildman–Crippen LogP) is 4.46. The van der Waals surface area contributed by atoms with E-state index >= 15 is 0 Å². The fraction of sp³-hybridized carbons (Fsp3) is 0.250. The summed E-state index contributed by atoms with van der Waals surface area (Å²) in [6.07, 6.45) is 4.59. The molecule has 0 N–H and O–H groups in total. The number of benzene rings is 1. The van der Waals surface area contributed by atoms with E-state index in [1.807, 2.05) is 0 Å². The van der Waals surface area contributed by atoms with Gasteiger partial charge in [-0.15, -0.1) is 11.3 Å². The Morgan fingerprint density at radius 1 is 1.11 bits per heavy atom. The van der Waals surface area contributed by atoms with Crippen LogP contribution >= 0.6 is 11.3 Å². The van der Waals surface area contributed by atoms with Crippen molar-refractivity contribution in [3.05, 3.63) is 47.7 Å². The highest BCUT2D eigenvalue weighted by atomic mass is 32.1. The molecule has 0 aliphatic carbocycles. The molecule has 2 aromatic heterocycles. The Morgan fingerprint density at radius 3 is 2.53 bits per heavy atom. The lowest BCUT2D eigenvalue weighted by Gasteiger charge is -2.19. The highest BCUT2D eigenvalue weighted by Gasteiger charge is 2.14. The molecule has 0 amide bonds. The molecule has 0 fully saturated rings. The molecular formula is C16H15N2S. The molecule has 0 saturated carbocycles. The summed E-state index contributed by atoms with van der Waals surface area (Å²) in [6.45, 7) is 6.68. The maximum absolute atomic E-state index is 4.26. The highest BCUT2D eigenvalue weighted by molar-refractivity contribution is 7.17. The molecule has 0 unspecified atom stereocenters. The van der Waals surface area contributed by atoms with Crippen LogP contribution in [0.2, 0.25) is 0 Å². The normalized spacial score (nSPS) is 11.9. The van der Waals surface area contributed by atoms with Crippen LogP contribution in [0, 0.1) is 6.20 Å². The van der Waals surface area contributed by atoms with E-state index < -0.39 is 0 Å². The van der Waals surface area contributed by atoms with Crippen molar-refractivity contribution in [2.75, 3.05) is 0 Å². The maximum atomic E-state index is 4.26. The Hall–Kier alpha value is -1.74. The molecule has 0 aliphatic heterocycles. The molecule has 0 spiro atoms. The van der Waals surface area contributed by atoms with Crippen LogP contribution in [-0.4, -0.2) is 9.97 Å². The molecule has 19 heavy (non-hydrogen) atoms. The van der Waals surface area contributed by atoms with Gasteiger partial charge in [0, 0.05) is 16.3 Å². The first-order chi connectivity index (χ1) is 9.05. The van der Waals surface area contributed by atoms with Gasteiger partial charge in [0.25, 0.3) is 0 Å². The summed E-state index contributed by atoms with van der Waals surface area (Å²) in [6, 6.07) is 8.73. The van der Waals surface area contributed by atoms with Gasteiger partial charge in [-0.3, -0.25) is 0 Å². The molecule has 2 nitrogen and oxygen atoms in total. The van der Waals surface area contributed by atoms with E-state index in [1.54, 1.807) is 17.7 Å². The summed E-state index contributed by atoms with van der Waals surface area (Å²) >= 11 is 1.64. The van der Waals surface area contributed by atoms with E-state index in [0.717, 1.165) is 10.2 Å². The lowest BCUT2D eigenvalue weighted by molar-refractivity contribution is 0.590. The third kappa shape index (κ3) is 2.26. The van der Waals surface area contributed by atoms with E-state index in [2.05, 4.69) is 66.6 Å². The quantitative estimate of drug-likeness (QED) is 0.650. The molecule has 2 heterocycles. The topological polar surface area (TPSA) is 25.8 Å². The number of rotatable bonds is 1. The smallest absolute Gasteiger partial charge is 0.127 e. The molecule has 3 aromatic rings. The molecule has 0 bridgehead atoms. The van der Waals surface area contributed by atoms with Crippen LogP contribution in [0.25, 0.3) is 21.3 Å². The minimum absolute atomic E-state index is 0.185. The maximum Gasteiger partial charge on any atom is 0.127 e. The summed E-state index contributed by atoms with van der Waals surface area (Å²) < 4.78 is 0. The summed E-state index contributed by atoms with van der Waals surface area (Å²) in [7, 11) is 0. The van der Waals surface area contributed by atoms with Gasteiger partial charge < -0.3 is 0 Å². The second-order valence-electron chi connectivity index (χ2n) is 5.64. The summed E-state index contributed by atoms with van der Waals surface area (Å²) in [5, 5.41) is 3.14. The Labute approximate surface area is 117 Å². The van der Waals surface area contributed by atoms with Gasteiger partial charge in [0.2, 0.25) is 0 Å². The minimum atomic E-state index is 0.185. The predicted molar refractivity (Wildman–Crippen MR) is 80.4 cm³/mol. The summed E-state index contributed by atoms with van der Waals surface area (Å²) in [5.41, 5.74) is 3.90. The van der Waals surface area contributed by atoms with Crippen molar-refractivity contribution in [1.82, 2.24) is 9.97 Å².